The number of carbonyl (C=O) groups is 1. The molecule has 1 heterocycles. The van der Waals surface area contributed by atoms with Crippen molar-refractivity contribution in [1.29, 1.82) is 0 Å². The van der Waals surface area contributed by atoms with Gasteiger partial charge in [0.25, 0.3) is 0 Å². The van der Waals surface area contributed by atoms with Crippen molar-refractivity contribution < 1.29 is 9.90 Å². The number of Topliss-reactive ketones (excluding diaryl/α,β-unsaturated/α-hetero) is 1. The first kappa shape index (κ1) is 16.9. The van der Waals surface area contributed by atoms with Gasteiger partial charge in [-0.1, -0.05) is 37.3 Å². The Hall–Kier alpha value is -1.49. The van der Waals surface area contributed by atoms with Crippen LogP contribution in [0, 0.1) is 5.92 Å². The number of aliphatic hydroxyl groups is 1. The molecule has 0 radical (unpaired) electrons. The largest absolute Gasteiger partial charge is 0.396 e. The second kappa shape index (κ2) is 8.22. The first-order valence-corrected chi connectivity index (χ1v) is 8.42. The van der Waals surface area contributed by atoms with Crippen molar-refractivity contribution in [1.82, 2.24) is 4.90 Å². The molecule has 0 spiro atoms. The van der Waals surface area contributed by atoms with E-state index in [1.165, 1.54) is 16.9 Å². The molecule has 0 bridgehead atoms. The van der Waals surface area contributed by atoms with Crippen LogP contribution in [0.25, 0.3) is 0 Å². The number of hydrogen-bond acceptors (Lipinski definition) is 4. The number of hydrogen-bond donors (Lipinski definition) is 1. The number of carbonyl (C=O) groups excluding carboxylic acids is 1. The maximum atomic E-state index is 11.4. The molecule has 0 fully saturated rings. The van der Waals surface area contributed by atoms with Crippen LogP contribution in [0.1, 0.15) is 34.6 Å². The van der Waals surface area contributed by atoms with E-state index in [0.29, 0.717) is 0 Å². The molecule has 0 saturated carbocycles. The zero-order valence-corrected chi connectivity index (χ0v) is 14.0. The lowest BCUT2D eigenvalue weighted by Crippen LogP contribution is -2.29. The van der Waals surface area contributed by atoms with Gasteiger partial charge < -0.3 is 5.11 Å². The Bertz CT molecular complexity index is 594. The van der Waals surface area contributed by atoms with E-state index in [4.69, 9.17) is 0 Å². The number of ketones is 1. The molecule has 118 valence electrons. The van der Waals surface area contributed by atoms with Gasteiger partial charge in [0.2, 0.25) is 0 Å². The van der Waals surface area contributed by atoms with Gasteiger partial charge in [-0.15, -0.1) is 11.3 Å². The summed E-state index contributed by atoms with van der Waals surface area (Å²) in [4.78, 5) is 14.6. The standard InChI is InChI=1S/C18H23NO2S/c1-14(12-20)9-19(10-16-6-4-3-5-7-16)11-17-8-18(15(2)21)22-13-17/h3-8,13-14,20H,9-12H2,1-2H3. The highest BCUT2D eigenvalue weighted by Gasteiger charge is 2.13. The fourth-order valence-corrected chi connectivity index (χ4v) is 3.23. The van der Waals surface area contributed by atoms with Crippen LogP contribution in [0.5, 0.6) is 0 Å². The Balaban J connectivity index is 2.07. The van der Waals surface area contributed by atoms with Crippen LogP contribution in [0.2, 0.25) is 0 Å². The minimum Gasteiger partial charge on any atom is -0.396 e. The summed E-state index contributed by atoms with van der Waals surface area (Å²) in [7, 11) is 0. The van der Waals surface area contributed by atoms with Gasteiger partial charge in [-0.25, -0.2) is 0 Å². The molecule has 0 saturated heterocycles. The van der Waals surface area contributed by atoms with E-state index in [0.717, 1.165) is 30.1 Å². The molecule has 1 unspecified atom stereocenters. The third-order valence-electron chi connectivity index (χ3n) is 3.54. The predicted molar refractivity (Wildman–Crippen MR) is 91.1 cm³/mol. The lowest BCUT2D eigenvalue weighted by Gasteiger charge is -2.24. The van der Waals surface area contributed by atoms with Crippen molar-refractivity contribution in [3.05, 3.63) is 57.8 Å². The number of rotatable bonds is 8. The molecule has 1 atom stereocenters. The molecule has 0 aliphatic carbocycles. The third-order valence-corrected chi connectivity index (χ3v) is 4.62. The van der Waals surface area contributed by atoms with E-state index in [9.17, 15) is 9.90 Å². The molecule has 1 N–H and O–H groups in total. The van der Waals surface area contributed by atoms with Crippen LogP contribution in [0.3, 0.4) is 0 Å². The molecule has 0 amide bonds. The number of thiophene rings is 1. The van der Waals surface area contributed by atoms with Gasteiger partial charge in [-0.2, -0.15) is 0 Å². The lowest BCUT2D eigenvalue weighted by molar-refractivity contribution is 0.102. The number of nitrogens with zero attached hydrogens (tertiary/aromatic N) is 1. The predicted octanol–water partition coefficient (Wildman–Crippen LogP) is 3.58. The van der Waals surface area contributed by atoms with Crippen molar-refractivity contribution in [3.8, 4) is 0 Å². The van der Waals surface area contributed by atoms with Crippen LogP contribution in [-0.4, -0.2) is 28.9 Å². The van der Waals surface area contributed by atoms with Crippen LogP contribution in [0.4, 0.5) is 0 Å². The summed E-state index contributed by atoms with van der Waals surface area (Å²) in [6.07, 6.45) is 0. The zero-order chi connectivity index (χ0) is 15.9. The monoisotopic (exact) mass is 317 g/mol. The summed E-state index contributed by atoms with van der Waals surface area (Å²) in [6.45, 7) is 6.31. The second-order valence-corrected chi connectivity index (χ2v) is 6.73. The average Bonchev–Trinajstić information content (AvgIpc) is 2.97. The lowest BCUT2D eigenvalue weighted by atomic mass is 10.1. The van der Waals surface area contributed by atoms with Crippen molar-refractivity contribution in [2.75, 3.05) is 13.2 Å². The van der Waals surface area contributed by atoms with Crippen LogP contribution >= 0.6 is 11.3 Å². The minimum absolute atomic E-state index is 0.120. The van der Waals surface area contributed by atoms with E-state index in [1.54, 1.807) is 6.92 Å². The minimum atomic E-state index is 0.120. The summed E-state index contributed by atoms with van der Waals surface area (Å²) in [5.41, 5.74) is 2.42. The Labute approximate surface area is 136 Å². The summed E-state index contributed by atoms with van der Waals surface area (Å²) in [6, 6.07) is 12.3. The quantitative estimate of drug-likeness (QED) is 0.757. The maximum absolute atomic E-state index is 11.4. The first-order valence-electron chi connectivity index (χ1n) is 7.54. The van der Waals surface area contributed by atoms with Crippen molar-refractivity contribution in [3.63, 3.8) is 0 Å². The number of aliphatic hydroxyl groups excluding tert-OH is 1. The smallest absolute Gasteiger partial charge is 0.169 e. The van der Waals surface area contributed by atoms with Gasteiger partial charge in [0.05, 0.1) is 4.88 Å². The van der Waals surface area contributed by atoms with Crippen LogP contribution < -0.4 is 0 Å². The second-order valence-electron chi connectivity index (χ2n) is 5.82. The maximum Gasteiger partial charge on any atom is 0.169 e. The van der Waals surface area contributed by atoms with Gasteiger partial charge in [-0.3, -0.25) is 9.69 Å². The summed E-state index contributed by atoms with van der Waals surface area (Å²) in [5, 5.41) is 11.4. The van der Waals surface area contributed by atoms with Gasteiger partial charge >= 0.3 is 0 Å². The van der Waals surface area contributed by atoms with Crippen LogP contribution in [0.15, 0.2) is 41.8 Å². The van der Waals surface area contributed by atoms with Crippen molar-refractivity contribution in [2.45, 2.75) is 26.9 Å². The average molecular weight is 317 g/mol. The fourth-order valence-electron chi connectivity index (χ4n) is 2.43. The molecule has 1 aromatic heterocycles. The zero-order valence-electron chi connectivity index (χ0n) is 13.2. The molecular weight excluding hydrogens is 294 g/mol. The fraction of sp³-hybridized carbons (Fsp3) is 0.389. The molecular formula is C18H23NO2S. The Morgan fingerprint density at radius 1 is 1.23 bits per heavy atom. The summed E-state index contributed by atoms with van der Waals surface area (Å²) >= 11 is 1.50. The normalized spacial score (nSPS) is 12.5. The van der Waals surface area contributed by atoms with Crippen LogP contribution in [-0.2, 0) is 13.1 Å². The van der Waals surface area contributed by atoms with E-state index >= 15 is 0 Å². The van der Waals surface area contributed by atoms with E-state index in [1.807, 2.05) is 31.2 Å². The van der Waals surface area contributed by atoms with Gasteiger partial charge in [-0.05, 0) is 35.4 Å². The first-order chi connectivity index (χ1) is 10.6. The van der Waals surface area contributed by atoms with E-state index in [-0.39, 0.29) is 18.3 Å². The summed E-state index contributed by atoms with van der Waals surface area (Å²) < 4.78 is 0. The molecule has 0 aliphatic heterocycles. The highest BCUT2D eigenvalue weighted by Crippen LogP contribution is 2.19. The SMILES string of the molecule is CC(=O)c1cc(CN(Cc2ccccc2)CC(C)CO)cs1. The Morgan fingerprint density at radius 3 is 2.50 bits per heavy atom. The van der Waals surface area contributed by atoms with Gasteiger partial charge in [0.15, 0.2) is 5.78 Å². The van der Waals surface area contributed by atoms with E-state index < -0.39 is 0 Å². The molecule has 2 aromatic rings. The van der Waals surface area contributed by atoms with Gasteiger partial charge in [0.1, 0.15) is 0 Å². The highest BCUT2D eigenvalue weighted by atomic mass is 32.1. The summed E-state index contributed by atoms with van der Waals surface area (Å²) in [5.74, 6) is 0.351. The topological polar surface area (TPSA) is 40.5 Å². The third kappa shape index (κ3) is 5.05. The molecule has 4 heteroatoms. The molecule has 22 heavy (non-hydrogen) atoms. The molecule has 3 nitrogen and oxygen atoms in total. The Kier molecular flexibility index (Phi) is 6.31. The number of benzene rings is 1. The Morgan fingerprint density at radius 2 is 1.91 bits per heavy atom. The molecule has 1 aromatic carbocycles. The molecule has 2 rings (SSSR count). The van der Waals surface area contributed by atoms with Crippen molar-refractivity contribution in [2.24, 2.45) is 5.92 Å². The van der Waals surface area contributed by atoms with E-state index in [2.05, 4.69) is 22.4 Å². The molecule has 0 aliphatic rings. The van der Waals surface area contributed by atoms with Gasteiger partial charge in [0, 0.05) is 26.2 Å². The highest BCUT2D eigenvalue weighted by molar-refractivity contribution is 7.12. The van der Waals surface area contributed by atoms with Crippen molar-refractivity contribution >= 4 is 17.1 Å².